The van der Waals surface area contributed by atoms with Crippen molar-refractivity contribution in [3.05, 3.63) is 64.9 Å². The summed E-state index contributed by atoms with van der Waals surface area (Å²) in [5.41, 5.74) is 3.14. The van der Waals surface area contributed by atoms with Crippen LogP contribution in [-0.2, 0) is 4.79 Å². The molecule has 3 heterocycles. The average Bonchev–Trinajstić information content (AvgIpc) is 3.34. The Kier molecular flexibility index (Phi) is 7.71. The first kappa shape index (κ1) is 26.1. The Balaban J connectivity index is 1.26. The van der Waals surface area contributed by atoms with Crippen molar-refractivity contribution in [1.82, 2.24) is 24.8 Å². The number of nitrogens with zero attached hydrogens (tertiary/aromatic N) is 5. The van der Waals surface area contributed by atoms with E-state index in [1.165, 1.54) is 32.1 Å². The maximum absolute atomic E-state index is 12.7. The van der Waals surface area contributed by atoms with Crippen molar-refractivity contribution in [3.63, 3.8) is 0 Å². The van der Waals surface area contributed by atoms with E-state index in [2.05, 4.69) is 20.2 Å². The fourth-order valence-electron chi connectivity index (χ4n) is 5.95. The highest BCUT2D eigenvalue weighted by Gasteiger charge is 2.27. The molecule has 6 rings (SSSR count). The summed E-state index contributed by atoms with van der Waals surface area (Å²) in [4.78, 5) is 29.3. The zero-order chi connectivity index (χ0) is 26.8. The normalized spacial score (nSPS) is 17.0. The van der Waals surface area contributed by atoms with Crippen LogP contribution < -0.4 is 10.2 Å². The molecule has 2 aromatic heterocycles. The van der Waals surface area contributed by atoms with E-state index in [1.807, 2.05) is 53.1 Å². The van der Waals surface area contributed by atoms with Crippen molar-refractivity contribution in [3.8, 4) is 17.1 Å². The molecule has 1 N–H and O–H groups in total. The van der Waals surface area contributed by atoms with E-state index in [1.54, 1.807) is 6.33 Å². The van der Waals surface area contributed by atoms with Gasteiger partial charge in [0.05, 0.1) is 5.02 Å². The molecule has 9 heteroatoms. The van der Waals surface area contributed by atoms with Gasteiger partial charge in [0, 0.05) is 41.8 Å². The molecule has 0 unspecified atom stereocenters. The number of imidazole rings is 1. The number of anilines is 1. The molecule has 4 aromatic rings. The fourth-order valence-corrected chi connectivity index (χ4v) is 6.29. The zero-order valence-corrected chi connectivity index (χ0v) is 23.3. The van der Waals surface area contributed by atoms with Crippen LogP contribution in [0.1, 0.15) is 51.4 Å². The summed E-state index contributed by atoms with van der Waals surface area (Å²) >= 11 is 12.8. The highest BCUT2D eigenvalue weighted by Crippen LogP contribution is 2.35. The van der Waals surface area contributed by atoms with Crippen LogP contribution in [0.2, 0.25) is 10.0 Å². The highest BCUT2D eigenvalue weighted by molar-refractivity contribution is 6.33. The minimum atomic E-state index is 0.194. The second-order valence-electron chi connectivity index (χ2n) is 10.6. The first-order valence-electron chi connectivity index (χ1n) is 13.9. The minimum absolute atomic E-state index is 0.194. The summed E-state index contributed by atoms with van der Waals surface area (Å²) in [6.45, 7) is 1.57. The summed E-state index contributed by atoms with van der Waals surface area (Å²) in [5.74, 6) is 2.25. The van der Waals surface area contributed by atoms with Crippen molar-refractivity contribution in [2.24, 2.45) is 5.92 Å². The lowest BCUT2D eigenvalue weighted by atomic mass is 9.86. The largest absolute Gasteiger partial charge is 0.355 e. The molecule has 0 spiro atoms. The van der Waals surface area contributed by atoms with E-state index in [4.69, 9.17) is 28.2 Å². The fraction of sp³-hybridized carbons (Fsp3) is 0.400. The molecule has 1 saturated carbocycles. The Morgan fingerprint density at radius 2 is 1.67 bits per heavy atom. The van der Waals surface area contributed by atoms with Crippen molar-refractivity contribution >= 4 is 46.1 Å². The van der Waals surface area contributed by atoms with Gasteiger partial charge in [0.25, 0.3) is 0 Å². The third-order valence-electron chi connectivity index (χ3n) is 7.98. The summed E-state index contributed by atoms with van der Waals surface area (Å²) < 4.78 is 2.01. The van der Waals surface area contributed by atoms with Gasteiger partial charge in [0.1, 0.15) is 12.2 Å². The molecule has 202 valence electrons. The van der Waals surface area contributed by atoms with Crippen LogP contribution in [0, 0.1) is 5.92 Å². The van der Waals surface area contributed by atoms with Gasteiger partial charge in [-0.1, -0.05) is 54.6 Å². The van der Waals surface area contributed by atoms with Gasteiger partial charge >= 0.3 is 0 Å². The number of piperidine rings is 1. The average molecular weight is 564 g/mol. The predicted molar refractivity (Wildman–Crippen MR) is 157 cm³/mol. The smallest absolute Gasteiger partial charge is 0.220 e. The van der Waals surface area contributed by atoms with E-state index < -0.39 is 0 Å². The molecule has 2 fully saturated rings. The van der Waals surface area contributed by atoms with E-state index in [0.717, 1.165) is 48.5 Å². The molecule has 2 aliphatic rings. The van der Waals surface area contributed by atoms with E-state index in [0.29, 0.717) is 33.9 Å². The number of aromatic nitrogens is 4. The molecule has 39 heavy (non-hydrogen) atoms. The van der Waals surface area contributed by atoms with Crippen LogP contribution in [-0.4, -0.2) is 44.6 Å². The molecule has 1 aliphatic carbocycles. The van der Waals surface area contributed by atoms with Crippen molar-refractivity contribution in [1.29, 1.82) is 0 Å². The van der Waals surface area contributed by atoms with Crippen LogP contribution >= 0.6 is 23.2 Å². The maximum Gasteiger partial charge on any atom is 0.220 e. The molecular weight excluding hydrogens is 531 g/mol. The maximum atomic E-state index is 12.7. The minimum Gasteiger partial charge on any atom is -0.355 e. The first-order chi connectivity index (χ1) is 19.1. The van der Waals surface area contributed by atoms with E-state index in [-0.39, 0.29) is 11.9 Å². The second kappa shape index (κ2) is 11.5. The standard InChI is InChI=1S/C30H32Cl2N6O/c31-21-10-12-23(13-11-21)38-28(24-8-4-5-9-25(24)32)36-27-29(33-19-34-30(27)38)37-16-14-22(15-17-37)35-26(39)18-20-6-2-1-3-7-20/h4-5,8-13,19-20,22H,1-3,6-7,14-18H2,(H,35,39). The Morgan fingerprint density at radius 1 is 0.923 bits per heavy atom. The topological polar surface area (TPSA) is 75.9 Å². The van der Waals surface area contributed by atoms with Gasteiger partial charge in [-0.2, -0.15) is 0 Å². The zero-order valence-electron chi connectivity index (χ0n) is 21.8. The van der Waals surface area contributed by atoms with E-state index in [9.17, 15) is 4.79 Å². The van der Waals surface area contributed by atoms with Crippen LogP contribution in [0.25, 0.3) is 28.2 Å². The number of fused-ring (bicyclic) bond motifs is 1. The molecule has 7 nitrogen and oxygen atoms in total. The number of benzene rings is 2. The third-order valence-corrected chi connectivity index (χ3v) is 8.56. The van der Waals surface area contributed by atoms with Gasteiger partial charge < -0.3 is 10.2 Å². The molecule has 0 atom stereocenters. The van der Waals surface area contributed by atoms with Crippen LogP contribution in [0.3, 0.4) is 0 Å². The van der Waals surface area contributed by atoms with Gasteiger partial charge in [-0.25, -0.2) is 15.0 Å². The molecule has 0 radical (unpaired) electrons. The Morgan fingerprint density at radius 3 is 2.41 bits per heavy atom. The van der Waals surface area contributed by atoms with Crippen LogP contribution in [0.15, 0.2) is 54.9 Å². The van der Waals surface area contributed by atoms with Crippen molar-refractivity contribution < 1.29 is 4.79 Å². The lowest BCUT2D eigenvalue weighted by molar-refractivity contribution is -0.123. The number of hydrogen-bond donors (Lipinski definition) is 1. The molecular formula is C30H32Cl2N6O. The number of amides is 1. The molecule has 1 saturated heterocycles. The molecule has 1 aliphatic heterocycles. The number of rotatable bonds is 6. The SMILES string of the molecule is O=C(CC1CCCCC1)NC1CCN(c2ncnc3c2nc(-c2ccccc2Cl)n3-c2ccc(Cl)cc2)CC1. The summed E-state index contributed by atoms with van der Waals surface area (Å²) in [5, 5.41) is 4.57. The number of carbonyl (C=O) groups excluding carboxylic acids is 1. The summed E-state index contributed by atoms with van der Waals surface area (Å²) in [7, 11) is 0. The van der Waals surface area contributed by atoms with Crippen molar-refractivity contribution in [2.45, 2.75) is 57.4 Å². The Bertz CT molecular complexity index is 1460. The highest BCUT2D eigenvalue weighted by atomic mass is 35.5. The lowest BCUT2D eigenvalue weighted by Crippen LogP contribution is -2.45. The van der Waals surface area contributed by atoms with Crippen LogP contribution in [0.5, 0.6) is 0 Å². The quantitative estimate of drug-likeness (QED) is 0.278. The Labute approximate surface area is 238 Å². The lowest BCUT2D eigenvalue weighted by Gasteiger charge is -2.33. The van der Waals surface area contributed by atoms with Gasteiger partial charge in [-0.3, -0.25) is 9.36 Å². The second-order valence-corrected chi connectivity index (χ2v) is 11.5. The predicted octanol–water partition coefficient (Wildman–Crippen LogP) is 6.84. The van der Waals surface area contributed by atoms with Crippen molar-refractivity contribution in [2.75, 3.05) is 18.0 Å². The molecule has 0 bridgehead atoms. The number of halogens is 2. The van der Waals surface area contributed by atoms with Crippen LogP contribution in [0.4, 0.5) is 5.82 Å². The first-order valence-corrected chi connectivity index (χ1v) is 14.6. The van der Waals surface area contributed by atoms with Gasteiger partial charge in [0.2, 0.25) is 5.91 Å². The third kappa shape index (κ3) is 5.61. The summed E-state index contributed by atoms with van der Waals surface area (Å²) in [6.07, 6.45) is 10.2. The number of nitrogens with one attached hydrogen (secondary N) is 1. The number of carbonyl (C=O) groups is 1. The van der Waals surface area contributed by atoms with E-state index >= 15 is 0 Å². The number of hydrogen-bond acceptors (Lipinski definition) is 5. The summed E-state index contributed by atoms with van der Waals surface area (Å²) in [6, 6.07) is 15.5. The monoisotopic (exact) mass is 562 g/mol. The Hall–Kier alpha value is -3.16. The van der Waals surface area contributed by atoms with Gasteiger partial charge in [-0.05, 0) is 68.0 Å². The molecule has 1 amide bonds. The van der Waals surface area contributed by atoms with Gasteiger partial charge in [-0.15, -0.1) is 0 Å². The van der Waals surface area contributed by atoms with Gasteiger partial charge in [0.15, 0.2) is 17.0 Å². The molecule has 2 aromatic carbocycles.